The molecule has 1 aromatic carbocycles. The van der Waals surface area contributed by atoms with Gasteiger partial charge in [0.2, 0.25) is 0 Å². The Morgan fingerprint density at radius 2 is 2.14 bits per heavy atom. The average Bonchev–Trinajstić information content (AvgIpc) is 3.05. The number of hydrogen-bond donors (Lipinski definition) is 0. The van der Waals surface area contributed by atoms with Crippen molar-refractivity contribution in [3.8, 4) is 0 Å². The van der Waals surface area contributed by atoms with Crippen molar-refractivity contribution >= 4 is 6.09 Å². The molecular weight excluding hydrogens is 281 g/mol. The number of amides is 1. The van der Waals surface area contributed by atoms with E-state index in [4.69, 9.17) is 4.74 Å². The lowest BCUT2D eigenvalue weighted by atomic mass is 10.0. The maximum absolute atomic E-state index is 13.4. The predicted octanol–water partition coefficient (Wildman–Crippen LogP) is 4.33. The van der Waals surface area contributed by atoms with Gasteiger partial charge in [0, 0.05) is 12.6 Å². The zero-order chi connectivity index (χ0) is 15.9. The Bertz CT molecular complexity index is 566. The van der Waals surface area contributed by atoms with Gasteiger partial charge < -0.3 is 9.64 Å². The van der Waals surface area contributed by atoms with Gasteiger partial charge in [-0.1, -0.05) is 12.1 Å². The van der Waals surface area contributed by atoms with Gasteiger partial charge in [-0.3, -0.25) is 0 Å². The molecule has 0 bridgehead atoms. The van der Waals surface area contributed by atoms with Gasteiger partial charge in [-0.05, 0) is 69.6 Å². The molecule has 1 aromatic rings. The maximum atomic E-state index is 13.4. The van der Waals surface area contributed by atoms with Crippen LogP contribution in [0.15, 0.2) is 24.3 Å². The van der Waals surface area contributed by atoms with Crippen LogP contribution in [0.3, 0.4) is 0 Å². The molecule has 1 saturated carbocycles. The molecule has 2 aliphatic rings. The SMILES string of the molecule is CC(C)(C)OC(=O)N1CCC[C@@H]1[C@H]1C[C@@H]1c1cccc(F)c1. The van der Waals surface area contributed by atoms with Crippen LogP contribution in [-0.2, 0) is 4.74 Å². The number of halogens is 1. The standard InChI is InChI=1S/C18H24FNO2/c1-18(2,3)22-17(21)20-9-5-8-16(20)15-11-14(15)12-6-4-7-13(19)10-12/h4,6-7,10,14-16H,5,8-9,11H2,1-3H3/t14-,15+,16-/m1/s1. The third-order valence-corrected chi connectivity index (χ3v) is 4.54. The highest BCUT2D eigenvalue weighted by atomic mass is 19.1. The van der Waals surface area contributed by atoms with Crippen LogP contribution in [-0.4, -0.2) is 29.2 Å². The fourth-order valence-corrected chi connectivity index (χ4v) is 3.55. The zero-order valence-corrected chi connectivity index (χ0v) is 13.5. The molecule has 3 rings (SSSR count). The Kier molecular flexibility index (Phi) is 3.87. The topological polar surface area (TPSA) is 29.5 Å². The summed E-state index contributed by atoms with van der Waals surface area (Å²) >= 11 is 0. The van der Waals surface area contributed by atoms with Crippen LogP contribution in [0.4, 0.5) is 9.18 Å². The third kappa shape index (κ3) is 3.26. The van der Waals surface area contributed by atoms with Gasteiger partial charge in [0.15, 0.2) is 0 Å². The fourth-order valence-electron chi connectivity index (χ4n) is 3.55. The molecule has 0 spiro atoms. The highest BCUT2D eigenvalue weighted by Gasteiger charge is 2.49. The molecule has 0 unspecified atom stereocenters. The predicted molar refractivity (Wildman–Crippen MR) is 83.2 cm³/mol. The van der Waals surface area contributed by atoms with E-state index in [1.165, 1.54) is 6.07 Å². The Morgan fingerprint density at radius 1 is 1.36 bits per heavy atom. The number of rotatable bonds is 2. The lowest BCUT2D eigenvalue weighted by molar-refractivity contribution is 0.0208. The fraction of sp³-hybridized carbons (Fsp3) is 0.611. The molecule has 4 heteroatoms. The average molecular weight is 305 g/mol. The first kappa shape index (κ1) is 15.3. The van der Waals surface area contributed by atoms with Gasteiger partial charge in [0.05, 0.1) is 0 Å². The van der Waals surface area contributed by atoms with E-state index in [-0.39, 0.29) is 18.0 Å². The van der Waals surface area contributed by atoms with Crippen LogP contribution in [0.5, 0.6) is 0 Å². The number of ether oxygens (including phenoxy) is 1. The summed E-state index contributed by atoms with van der Waals surface area (Å²) in [5.41, 5.74) is 0.594. The van der Waals surface area contributed by atoms with Gasteiger partial charge >= 0.3 is 6.09 Å². The summed E-state index contributed by atoms with van der Waals surface area (Å²) in [7, 11) is 0. The van der Waals surface area contributed by atoms with Crippen LogP contribution in [0, 0.1) is 11.7 Å². The maximum Gasteiger partial charge on any atom is 0.410 e. The van der Waals surface area contributed by atoms with E-state index in [9.17, 15) is 9.18 Å². The molecule has 1 aliphatic heterocycles. The molecule has 3 atom stereocenters. The molecule has 1 amide bonds. The Hall–Kier alpha value is -1.58. The molecule has 1 heterocycles. The van der Waals surface area contributed by atoms with Gasteiger partial charge in [-0.15, -0.1) is 0 Å². The second-order valence-corrected chi connectivity index (χ2v) is 7.44. The van der Waals surface area contributed by atoms with Gasteiger partial charge in [0.25, 0.3) is 0 Å². The number of likely N-dealkylation sites (tertiary alicyclic amines) is 1. The second-order valence-electron chi connectivity index (χ2n) is 7.44. The molecule has 1 aliphatic carbocycles. The molecule has 3 nitrogen and oxygen atoms in total. The van der Waals surface area contributed by atoms with Crippen molar-refractivity contribution in [2.45, 2.75) is 57.6 Å². The Morgan fingerprint density at radius 3 is 2.82 bits per heavy atom. The lowest BCUT2D eigenvalue weighted by Gasteiger charge is -2.29. The Balaban J connectivity index is 1.66. The van der Waals surface area contributed by atoms with Crippen molar-refractivity contribution in [1.29, 1.82) is 0 Å². The summed E-state index contributed by atoms with van der Waals surface area (Å²) < 4.78 is 18.9. The quantitative estimate of drug-likeness (QED) is 0.814. The summed E-state index contributed by atoms with van der Waals surface area (Å²) in [6, 6.07) is 7.09. The van der Waals surface area contributed by atoms with E-state index in [1.807, 2.05) is 31.7 Å². The Labute approximate surface area is 131 Å². The molecule has 0 radical (unpaired) electrons. The van der Waals surface area contributed by atoms with Crippen LogP contribution < -0.4 is 0 Å². The van der Waals surface area contributed by atoms with Crippen molar-refractivity contribution in [3.63, 3.8) is 0 Å². The number of carbonyl (C=O) groups excluding carboxylic acids is 1. The molecule has 1 saturated heterocycles. The van der Waals surface area contributed by atoms with E-state index in [0.29, 0.717) is 11.8 Å². The van der Waals surface area contributed by atoms with E-state index >= 15 is 0 Å². The van der Waals surface area contributed by atoms with Crippen LogP contribution >= 0.6 is 0 Å². The molecule has 2 fully saturated rings. The van der Waals surface area contributed by atoms with Gasteiger partial charge in [-0.2, -0.15) is 0 Å². The summed E-state index contributed by atoms with van der Waals surface area (Å²) in [5, 5.41) is 0. The largest absolute Gasteiger partial charge is 0.444 e. The van der Waals surface area contributed by atoms with E-state index in [2.05, 4.69) is 0 Å². The minimum Gasteiger partial charge on any atom is -0.444 e. The van der Waals surface area contributed by atoms with Crippen molar-refractivity contribution < 1.29 is 13.9 Å². The second kappa shape index (κ2) is 5.56. The first-order valence-corrected chi connectivity index (χ1v) is 8.10. The van der Waals surface area contributed by atoms with E-state index in [0.717, 1.165) is 31.4 Å². The summed E-state index contributed by atoms with van der Waals surface area (Å²) in [6.07, 6.45) is 2.87. The molecule has 22 heavy (non-hydrogen) atoms. The summed E-state index contributed by atoms with van der Waals surface area (Å²) in [5.74, 6) is 0.638. The zero-order valence-electron chi connectivity index (χ0n) is 13.5. The molecule has 0 N–H and O–H groups in total. The van der Waals surface area contributed by atoms with E-state index < -0.39 is 5.60 Å². The van der Waals surface area contributed by atoms with Crippen LogP contribution in [0.25, 0.3) is 0 Å². The molecule has 0 aromatic heterocycles. The minimum atomic E-state index is -0.463. The monoisotopic (exact) mass is 305 g/mol. The van der Waals surface area contributed by atoms with Crippen LogP contribution in [0.2, 0.25) is 0 Å². The highest BCUT2D eigenvalue weighted by Crippen LogP contribution is 2.53. The van der Waals surface area contributed by atoms with Crippen molar-refractivity contribution in [2.75, 3.05) is 6.54 Å². The van der Waals surface area contributed by atoms with Gasteiger partial charge in [0.1, 0.15) is 11.4 Å². The third-order valence-electron chi connectivity index (χ3n) is 4.54. The van der Waals surface area contributed by atoms with Crippen LogP contribution in [0.1, 0.15) is 51.5 Å². The minimum absolute atomic E-state index is 0.182. The van der Waals surface area contributed by atoms with Crippen molar-refractivity contribution in [2.24, 2.45) is 5.92 Å². The lowest BCUT2D eigenvalue weighted by Crippen LogP contribution is -2.40. The van der Waals surface area contributed by atoms with E-state index in [1.54, 1.807) is 12.1 Å². The van der Waals surface area contributed by atoms with Crippen molar-refractivity contribution in [3.05, 3.63) is 35.6 Å². The smallest absolute Gasteiger partial charge is 0.410 e. The number of carbonyl (C=O) groups is 1. The highest BCUT2D eigenvalue weighted by molar-refractivity contribution is 5.69. The molecule has 120 valence electrons. The first-order chi connectivity index (χ1) is 10.3. The number of benzene rings is 1. The normalized spacial score (nSPS) is 27.8. The molecular formula is C18H24FNO2. The number of nitrogens with zero attached hydrogens (tertiary/aromatic N) is 1. The summed E-state index contributed by atoms with van der Waals surface area (Å²) in [4.78, 5) is 14.2. The first-order valence-electron chi connectivity index (χ1n) is 8.10. The number of hydrogen-bond acceptors (Lipinski definition) is 2. The van der Waals surface area contributed by atoms with Gasteiger partial charge in [-0.25, -0.2) is 9.18 Å². The summed E-state index contributed by atoms with van der Waals surface area (Å²) in [6.45, 7) is 6.44. The van der Waals surface area contributed by atoms with Crippen molar-refractivity contribution in [1.82, 2.24) is 4.90 Å².